The molecule has 1 unspecified atom stereocenters. The molecule has 2 aromatic carbocycles. The number of amides is 1. The molecule has 28 heavy (non-hydrogen) atoms. The second-order valence-electron chi connectivity index (χ2n) is 6.59. The van der Waals surface area contributed by atoms with Crippen LogP contribution in [0.2, 0.25) is 0 Å². The maximum atomic E-state index is 12.4. The van der Waals surface area contributed by atoms with Crippen molar-refractivity contribution in [2.45, 2.75) is 12.6 Å². The van der Waals surface area contributed by atoms with Crippen LogP contribution in [-0.4, -0.2) is 46.6 Å². The summed E-state index contributed by atoms with van der Waals surface area (Å²) in [5.74, 6) is 0.466. The summed E-state index contributed by atoms with van der Waals surface area (Å²) in [6, 6.07) is 17.8. The van der Waals surface area contributed by atoms with Crippen molar-refractivity contribution in [3.63, 3.8) is 0 Å². The SMILES string of the molecule is O=C(NCCO)C1CN(Cc2ccc(-n3cccn3)cc2)c2ccccc2O1. The molecule has 0 saturated heterocycles. The van der Waals surface area contributed by atoms with Gasteiger partial charge in [-0.05, 0) is 35.9 Å². The molecule has 7 nitrogen and oxygen atoms in total. The largest absolute Gasteiger partial charge is 0.477 e. The van der Waals surface area contributed by atoms with Crippen LogP contribution in [0.4, 0.5) is 5.69 Å². The van der Waals surface area contributed by atoms with Crippen LogP contribution in [0.15, 0.2) is 67.0 Å². The molecule has 1 amide bonds. The fraction of sp³-hybridized carbons (Fsp3) is 0.238. The van der Waals surface area contributed by atoms with Gasteiger partial charge in [-0.2, -0.15) is 5.10 Å². The first-order chi connectivity index (χ1) is 13.7. The number of benzene rings is 2. The summed E-state index contributed by atoms with van der Waals surface area (Å²) in [4.78, 5) is 14.5. The molecule has 144 valence electrons. The summed E-state index contributed by atoms with van der Waals surface area (Å²) in [5, 5.41) is 15.9. The van der Waals surface area contributed by atoms with Crippen molar-refractivity contribution in [3.8, 4) is 11.4 Å². The van der Waals surface area contributed by atoms with Gasteiger partial charge in [-0.1, -0.05) is 24.3 Å². The van der Waals surface area contributed by atoms with Crippen molar-refractivity contribution in [2.24, 2.45) is 0 Å². The Hall–Kier alpha value is -3.32. The number of aliphatic hydroxyl groups is 1. The second kappa shape index (κ2) is 8.14. The number of nitrogens with zero attached hydrogens (tertiary/aromatic N) is 3. The zero-order valence-corrected chi connectivity index (χ0v) is 15.4. The highest BCUT2D eigenvalue weighted by molar-refractivity contribution is 5.83. The second-order valence-corrected chi connectivity index (χ2v) is 6.59. The van der Waals surface area contributed by atoms with Gasteiger partial charge in [0.25, 0.3) is 5.91 Å². The minimum atomic E-state index is -0.621. The lowest BCUT2D eigenvalue weighted by atomic mass is 10.1. The van der Waals surface area contributed by atoms with E-state index in [4.69, 9.17) is 9.84 Å². The Morgan fingerprint density at radius 2 is 2.00 bits per heavy atom. The molecule has 0 bridgehead atoms. The van der Waals surface area contributed by atoms with Crippen LogP contribution in [0, 0.1) is 0 Å². The molecule has 1 aromatic heterocycles. The molecular weight excluding hydrogens is 356 g/mol. The van der Waals surface area contributed by atoms with Gasteiger partial charge < -0.3 is 20.1 Å². The maximum absolute atomic E-state index is 12.4. The van der Waals surface area contributed by atoms with Gasteiger partial charge in [0, 0.05) is 25.5 Å². The monoisotopic (exact) mass is 378 g/mol. The number of carbonyl (C=O) groups excluding carboxylic acids is 1. The van der Waals surface area contributed by atoms with Gasteiger partial charge in [0.05, 0.1) is 24.5 Å². The first-order valence-corrected chi connectivity index (χ1v) is 9.23. The molecule has 2 heterocycles. The van der Waals surface area contributed by atoms with E-state index >= 15 is 0 Å². The fourth-order valence-corrected chi connectivity index (χ4v) is 3.28. The van der Waals surface area contributed by atoms with Gasteiger partial charge in [-0.15, -0.1) is 0 Å². The Kier molecular flexibility index (Phi) is 5.25. The molecular formula is C21H22N4O3. The van der Waals surface area contributed by atoms with E-state index in [9.17, 15) is 4.79 Å². The Labute approximate surface area is 163 Å². The van der Waals surface area contributed by atoms with E-state index in [0.29, 0.717) is 18.8 Å². The van der Waals surface area contributed by atoms with E-state index < -0.39 is 6.10 Å². The van der Waals surface area contributed by atoms with E-state index in [2.05, 4.69) is 27.4 Å². The normalized spacial score (nSPS) is 15.6. The average molecular weight is 378 g/mol. The minimum absolute atomic E-state index is 0.0959. The van der Waals surface area contributed by atoms with Gasteiger partial charge in [0.2, 0.25) is 0 Å². The number of ether oxygens (including phenoxy) is 1. The highest BCUT2D eigenvalue weighted by atomic mass is 16.5. The number of hydrogen-bond donors (Lipinski definition) is 2. The highest BCUT2D eigenvalue weighted by Crippen LogP contribution is 2.34. The smallest absolute Gasteiger partial charge is 0.263 e. The molecule has 1 aliphatic heterocycles. The van der Waals surface area contributed by atoms with Crippen LogP contribution < -0.4 is 15.0 Å². The Bertz CT molecular complexity index is 925. The molecule has 7 heteroatoms. The lowest BCUT2D eigenvalue weighted by Crippen LogP contribution is -2.49. The summed E-state index contributed by atoms with van der Waals surface area (Å²) in [6.45, 7) is 1.22. The van der Waals surface area contributed by atoms with E-state index in [1.807, 2.05) is 53.3 Å². The van der Waals surface area contributed by atoms with Crippen molar-refractivity contribution in [3.05, 3.63) is 72.6 Å². The lowest BCUT2D eigenvalue weighted by Gasteiger charge is -2.35. The van der Waals surface area contributed by atoms with Crippen LogP contribution in [0.1, 0.15) is 5.56 Å². The number of anilines is 1. The van der Waals surface area contributed by atoms with Crippen LogP contribution >= 0.6 is 0 Å². The van der Waals surface area contributed by atoms with Crippen molar-refractivity contribution in [1.82, 2.24) is 15.1 Å². The van der Waals surface area contributed by atoms with Gasteiger partial charge >= 0.3 is 0 Å². The van der Waals surface area contributed by atoms with Crippen LogP contribution in [0.25, 0.3) is 5.69 Å². The number of carbonyl (C=O) groups is 1. The Morgan fingerprint density at radius 3 is 2.75 bits per heavy atom. The third-order valence-electron chi connectivity index (χ3n) is 4.64. The quantitative estimate of drug-likeness (QED) is 0.683. The van der Waals surface area contributed by atoms with Gasteiger partial charge in [0.15, 0.2) is 6.10 Å². The zero-order chi connectivity index (χ0) is 19.3. The summed E-state index contributed by atoms with van der Waals surface area (Å²) in [6.07, 6.45) is 3.04. The predicted molar refractivity (Wildman–Crippen MR) is 106 cm³/mol. The highest BCUT2D eigenvalue weighted by Gasteiger charge is 2.30. The molecule has 1 atom stereocenters. The first-order valence-electron chi connectivity index (χ1n) is 9.23. The number of hydrogen-bond acceptors (Lipinski definition) is 5. The molecule has 0 saturated carbocycles. The zero-order valence-electron chi connectivity index (χ0n) is 15.4. The summed E-state index contributed by atoms with van der Waals surface area (Å²) < 4.78 is 7.69. The number of para-hydroxylation sites is 2. The summed E-state index contributed by atoms with van der Waals surface area (Å²) in [7, 11) is 0. The van der Waals surface area contributed by atoms with E-state index in [0.717, 1.165) is 16.9 Å². The third-order valence-corrected chi connectivity index (χ3v) is 4.64. The predicted octanol–water partition coefficient (Wildman–Crippen LogP) is 1.75. The number of aromatic nitrogens is 2. The molecule has 4 rings (SSSR count). The molecule has 0 radical (unpaired) electrons. The van der Waals surface area contributed by atoms with Gasteiger partial charge in [-0.3, -0.25) is 4.79 Å². The van der Waals surface area contributed by atoms with Gasteiger partial charge in [0.1, 0.15) is 5.75 Å². The fourth-order valence-electron chi connectivity index (χ4n) is 3.28. The molecule has 3 aromatic rings. The number of aliphatic hydroxyl groups excluding tert-OH is 1. The Morgan fingerprint density at radius 1 is 1.18 bits per heavy atom. The Balaban J connectivity index is 1.53. The molecule has 2 N–H and O–H groups in total. The van der Waals surface area contributed by atoms with Gasteiger partial charge in [-0.25, -0.2) is 4.68 Å². The van der Waals surface area contributed by atoms with Crippen molar-refractivity contribution in [1.29, 1.82) is 0 Å². The number of nitrogens with one attached hydrogen (secondary N) is 1. The van der Waals surface area contributed by atoms with Crippen molar-refractivity contribution in [2.75, 3.05) is 24.6 Å². The molecule has 0 fully saturated rings. The van der Waals surface area contributed by atoms with Crippen molar-refractivity contribution >= 4 is 11.6 Å². The van der Waals surface area contributed by atoms with Crippen LogP contribution in [0.5, 0.6) is 5.75 Å². The topological polar surface area (TPSA) is 79.6 Å². The summed E-state index contributed by atoms with van der Waals surface area (Å²) in [5.41, 5.74) is 3.09. The molecule has 1 aliphatic rings. The van der Waals surface area contributed by atoms with Crippen LogP contribution in [0.3, 0.4) is 0 Å². The average Bonchev–Trinajstić information content (AvgIpc) is 3.27. The van der Waals surface area contributed by atoms with E-state index in [1.54, 1.807) is 6.20 Å². The minimum Gasteiger partial charge on any atom is -0.477 e. The number of fused-ring (bicyclic) bond motifs is 1. The first kappa shape index (κ1) is 18.1. The lowest BCUT2D eigenvalue weighted by molar-refractivity contribution is -0.128. The van der Waals surface area contributed by atoms with E-state index in [-0.39, 0.29) is 19.1 Å². The van der Waals surface area contributed by atoms with Crippen molar-refractivity contribution < 1.29 is 14.6 Å². The third kappa shape index (κ3) is 3.84. The molecule has 0 spiro atoms. The van der Waals surface area contributed by atoms with Crippen LogP contribution in [-0.2, 0) is 11.3 Å². The summed E-state index contributed by atoms with van der Waals surface area (Å²) >= 11 is 0. The number of rotatable bonds is 6. The maximum Gasteiger partial charge on any atom is 0.263 e. The molecule has 0 aliphatic carbocycles. The standard InChI is InChI=1S/C21H22N4O3/c26-13-11-22-21(27)20-15-24(18-4-1-2-5-19(18)28-20)14-16-6-8-17(9-7-16)25-12-3-10-23-25/h1-10,12,20,26H,11,13-15H2,(H,22,27). The van der Waals surface area contributed by atoms with E-state index in [1.165, 1.54) is 0 Å².